The van der Waals surface area contributed by atoms with E-state index in [1.165, 1.54) is 18.6 Å². The molecule has 0 bridgehead atoms. The first-order chi connectivity index (χ1) is 13.1. The Morgan fingerprint density at radius 1 is 1.07 bits per heavy atom. The molecule has 27 heavy (non-hydrogen) atoms. The Morgan fingerprint density at radius 3 is 2.52 bits per heavy atom. The second kappa shape index (κ2) is 9.76. The zero-order valence-corrected chi connectivity index (χ0v) is 16.0. The van der Waals surface area contributed by atoms with Crippen LogP contribution in [0.2, 0.25) is 0 Å². The van der Waals surface area contributed by atoms with Crippen LogP contribution in [-0.4, -0.2) is 60.5 Å². The number of halogens is 1. The lowest BCUT2D eigenvalue weighted by Gasteiger charge is -2.32. The number of carbonyl (C=O) groups excluding carboxylic acids is 1. The molecule has 0 saturated carbocycles. The molecule has 0 N–H and O–H groups in total. The van der Waals surface area contributed by atoms with Crippen molar-refractivity contribution in [1.29, 1.82) is 0 Å². The van der Waals surface area contributed by atoms with Crippen molar-refractivity contribution in [1.82, 2.24) is 15.0 Å². The Morgan fingerprint density at radius 2 is 1.78 bits per heavy atom. The molecule has 1 aromatic heterocycles. The van der Waals surface area contributed by atoms with Gasteiger partial charge in [0.25, 0.3) is 0 Å². The van der Waals surface area contributed by atoms with Gasteiger partial charge in [-0.05, 0) is 50.7 Å². The largest absolute Gasteiger partial charge is 0.356 e. The van der Waals surface area contributed by atoms with Crippen molar-refractivity contribution >= 4 is 5.78 Å². The van der Waals surface area contributed by atoms with Crippen LogP contribution in [0.4, 0.5) is 4.39 Å². The van der Waals surface area contributed by atoms with E-state index in [2.05, 4.69) is 22.0 Å². The molecule has 1 aromatic carbocycles. The number of hydrogen-bond acceptors (Lipinski definition) is 5. The van der Waals surface area contributed by atoms with Crippen LogP contribution < -0.4 is 0 Å². The Bertz CT molecular complexity index is 721. The summed E-state index contributed by atoms with van der Waals surface area (Å²) < 4.78 is 18.2. The number of ketones is 1. The highest BCUT2D eigenvalue weighted by molar-refractivity contribution is 5.94. The molecule has 1 saturated heterocycles. The van der Waals surface area contributed by atoms with E-state index < -0.39 is 0 Å². The minimum absolute atomic E-state index is 0.00572. The van der Waals surface area contributed by atoms with Crippen LogP contribution in [0.15, 0.2) is 34.9 Å². The number of benzene rings is 1. The highest BCUT2D eigenvalue weighted by atomic mass is 19.1. The van der Waals surface area contributed by atoms with E-state index in [0.717, 1.165) is 52.0 Å². The van der Waals surface area contributed by atoms with Gasteiger partial charge in [0.15, 0.2) is 11.5 Å². The fourth-order valence-corrected chi connectivity index (χ4v) is 3.33. The molecule has 1 aliphatic rings. The summed E-state index contributed by atoms with van der Waals surface area (Å²) in [5, 5.41) is 3.87. The lowest BCUT2D eigenvalue weighted by Crippen LogP contribution is -2.44. The van der Waals surface area contributed by atoms with Crippen LogP contribution in [0.3, 0.4) is 0 Å². The summed E-state index contributed by atoms with van der Waals surface area (Å²) in [6.07, 6.45) is 4.77. The van der Waals surface area contributed by atoms with Crippen molar-refractivity contribution in [2.24, 2.45) is 0 Å². The van der Waals surface area contributed by atoms with E-state index in [0.29, 0.717) is 23.4 Å². The summed E-state index contributed by atoms with van der Waals surface area (Å²) in [4.78, 5) is 17.2. The quantitative estimate of drug-likeness (QED) is 0.493. The predicted molar refractivity (Wildman–Crippen MR) is 103 cm³/mol. The van der Waals surface area contributed by atoms with E-state index >= 15 is 0 Å². The number of carbonyl (C=O) groups is 1. The summed E-state index contributed by atoms with van der Waals surface area (Å²) in [6, 6.07) is 7.60. The van der Waals surface area contributed by atoms with Crippen molar-refractivity contribution in [3.8, 4) is 11.3 Å². The summed E-state index contributed by atoms with van der Waals surface area (Å²) in [6.45, 7) is 5.80. The molecule has 2 heterocycles. The van der Waals surface area contributed by atoms with Gasteiger partial charge in [0.2, 0.25) is 0 Å². The van der Waals surface area contributed by atoms with E-state index in [4.69, 9.17) is 4.52 Å². The average molecular weight is 373 g/mol. The topological polar surface area (TPSA) is 49.6 Å². The molecule has 1 aliphatic heterocycles. The number of rotatable bonds is 9. The van der Waals surface area contributed by atoms with E-state index in [1.54, 1.807) is 18.2 Å². The number of aromatic nitrogens is 1. The molecule has 3 rings (SSSR count). The van der Waals surface area contributed by atoms with Gasteiger partial charge in [0.05, 0.1) is 0 Å². The second-order valence-corrected chi connectivity index (χ2v) is 7.32. The van der Waals surface area contributed by atoms with Crippen LogP contribution in [0.5, 0.6) is 0 Å². The lowest BCUT2D eigenvalue weighted by atomic mass is 10.1. The minimum atomic E-state index is -0.304. The number of piperazine rings is 1. The third kappa shape index (κ3) is 5.97. The van der Waals surface area contributed by atoms with Gasteiger partial charge < -0.3 is 14.3 Å². The summed E-state index contributed by atoms with van der Waals surface area (Å²) >= 11 is 0. The maximum Gasteiger partial charge on any atom is 0.184 e. The van der Waals surface area contributed by atoms with Crippen molar-refractivity contribution in [2.45, 2.75) is 32.1 Å². The van der Waals surface area contributed by atoms with Gasteiger partial charge in [-0.3, -0.25) is 4.79 Å². The molecule has 0 atom stereocenters. The van der Waals surface area contributed by atoms with Gasteiger partial charge in [0, 0.05) is 44.2 Å². The minimum Gasteiger partial charge on any atom is -0.356 e. The van der Waals surface area contributed by atoms with Crippen molar-refractivity contribution in [3.63, 3.8) is 0 Å². The summed E-state index contributed by atoms with van der Waals surface area (Å²) in [7, 11) is 2.17. The number of hydrogen-bond donors (Lipinski definition) is 0. The monoisotopic (exact) mass is 373 g/mol. The van der Waals surface area contributed by atoms with Crippen LogP contribution >= 0.6 is 0 Å². The highest BCUT2D eigenvalue weighted by Gasteiger charge is 2.14. The van der Waals surface area contributed by atoms with Crippen LogP contribution in [0.1, 0.15) is 42.6 Å². The smallest absolute Gasteiger partial charge is 0.184 e. The molecule has 0 unspecified atom stereocenters. The molecule has 0 aliphatic carbocycles. The summed E-state index contributed by atoms with van der Waals surface area (Å²) in [5.41, 5.74) is 1.07. The first kappa shape index (κ1) is 19.7. The molecule has 1 fully saturated rings. The number of unbranched alkanes of at least 4 members (excludes halogenated alkanes) is 3. The highest BCUT2D eigenvalue weighted by Crippen LogP contribution is 2.21. The number of nitrogens with zero attached hydrogens (tertiary/aromatic N) is 3. The van der Waals surface area contributed by atoms with Crippen LogP contribution in [-0.2, 0) is 0 Å². The first-order valence-electron chi connectivity index (χ1n) is 9.78. The van der Waals surface area contributed by atoms with E-state index in [1.807, 2.05) is 0 Å². The summed E-state index contributed by atoms with van der Waals surface area (Å²) in [5.74, 6) is 0.193. The lowest BCUT2D eigenvalue weighted by molar-refractivity contribution is 0.0970. The van der Waals surface area contributed by atoms with Crippen molar-refractivity contribution in [3.05, 3.63) is 41.8 Å². The SMILES string of the molecule is CN1CCN(CCCCCCC(=O)c2cc(-c3ccc(F)cc3)on2)CC1. The third-order valence-corrected chi connectivity index (χ3v) is 5.15. The molecule has 0 spiro atoms. The zero-order valence-electron chi connectivity index (χ0n) is 16.0. The predicted octanol–water partition coefficient (Wildman–Crippen LogP) is 3.86. The van der Waals surface area contributed by atoms with Gasteiger partial charge >= 0.3 is 0 Å². The average Bonchev–Trinajstić information content (AvgIpc) is 3.17. The third-order valence-electron chi connectivity index (χ3n) is 5.15. The van der Waals surface area contributed by atoms with Gasteiger partial charge in [-0.1, -0.05) is 18.0 Å². The van der Waals surface area contributed by atoms with Crippen molar-refractivity contribution in [2.75, 3.05) is 39.8 Å². The normalized spacial score (nSPS) is 15.9. The van der Waals surface area contributed by atoms with Crippen LogP contribution in [0, 0.1) is 5.82 Å². The van der Waals surface area contributed by atoms with Gasteiger partial charge in [-0.25, -0.2) is 4.39 Å². The Balaban J connectivity index is 1.33. The number of likely N-dealkylation sites (N-methyl/N-ethyl adjacent to an activating group) is 1. The van der Waals surface area contributed by atoms with Crippen LogP contribution in [0.25, 0.3) is 11.3 Å². The Kier molecular flexibility index (Phi) is 7.12. The fourth-order valence-electron chi connectivity index (χ4n) is 3.33. The molecule has 6 heteroatoms. The molecule has 0 amide bonds. The van der Waals surface area contributed by atoms with E-state index in [-0.39, 0.29) is 11.6 Å². The maximum absolute atomic E-state index is 13.0. The fraction of sp³-hybridized carbons (Fsp3) is 0.524. The molecular weight excluding hydrogens is 345 g/mol. The molecule has 0 radical (unpaired) electrons. The van der Waals surface area contributed by atoms with Gasteiger partial charge in [0.1, 0.15) is 11.5 Å². The first-order valence-corrected chi connectivity index (χ1v) is 9.78. The molecule has 5 nitrogen and oxygen atoms in total. The molecule has 2 aromatic rings. The molecular formula is C21H28FN3O2. The van der Waals surface area contributed by atoms with Gasteiger partial charge in [-0.2, -0.15) is 0 Å². The maximum atomic E-state index is 13.0. The molecule has 146 valence electrons. The van der Waals surface area contributed by atoms with E-state index in [9.17, 15) is 9.18 Å². The van der Waals surface area contributed by atoms with Crippen molar-refractivity contribution < 1.29 is 13.7 Å². The Hall–Kier alpha value is -2.05. The Labute approximate surface area is 160 Å². The zero-order chi connectivity index (χ0) is 19.1. The van der Waals surface area contributed by atoms with Gasteiger partial charge in [-0.15, -0.1) is 0 Å². The second-order valence-electron chi connectivity index (χ2n) is 7.32. The number of Topliss-reactive ketones (excluding diaryl/α,β-unsaturated/α-hetero) is 1. The standard InChI is InChI=1S/C21H28FN3O2/c1-24-12-14-25(15-13-24)11-5-3-2-4-6-20(26)19-16-21(27-23-19)17-7-9-18(22)10-8-17/h7-10,16H,2-6,11-15H2,1H3.